The van der Waals surface area contributed by atoms with Crippen LogP contribution in [0.3, 0.4) is 0 Å². The van der Waals surface area contributed by atoms with Crippen LogP contribution in [0.2, 0.25) is 0 Å². The molecule has 0 radical (unpaired) electrons. The summed E-state index contributed by atoms with van der Waals surface area (Å²) in [6.07, 6.45) is 1.22. The number of esters is 2. The average Bonchev–Trinajstić information content (AvgIpc) is 2.72. The van der Waals surface area contributed by atoms with E-state index in [9.17, 15) is 19.2 Å². The van der Waals surface area contributed by atoms with Gasteiger partial charge in [-0.2, -0.15) is 0 Å². The van der Waals surface area contributed by atoms with Crippen LogP contribution in [0, 0.1) is 5.92 Å². The molecule has 29 heavy (non-hydrogen) atoms. The van der Waals surface area contributed by atoms with Crippen molar-refractivity contribution in [2.24, 2.45) is 11.7 Å². The van der Waals surface area contributed by atoms with E-state index in [0.29, 0.717) is 32.5 Å². The van der Waals surface area contributed by atoms with Crippen LogP contribution in [0.25, 0.3) is 0 Å². The minimum atomic E-state index is -0.989. The smallest absolute Gasteiger partial charge is 0.329 e. The molecule has 1 aliphatic heterocycles. The van der Waals surface area contributed by atoms with Crippen molar-refractivity contribution >= 4 is 23.9 Å². The molecule has 1 atom stereocenters. The van der Waals surface area contributed by atoms with Crippen molar-refractivity contribution in [3.8, 4) is 0 Å². The van der Waals surface area contributed by atoms with Crippen LogP contribution >= 0.6 is 0 Å². The summed E-state index contributed by atoms with van der Waals surface area (Å²) < 4.78 is 10.1. The first-order valence-electron chi connectivity index (χ1n) is 9.61. The molecule has 2 rings (SSSR count). The molecule has 0 spiro atoms. The number of likely N-dealkylation sites (tertiary alicyclic amines) is 1. The van der Waals surface area contributed by atoms with Crippen LogP contribution < -0.4 is 11.1 Å². The standard InChI is InChI=1S/C20H27N3O6/c1-2-28-18(25)15-8-10-23(11-9-15)17(24)13-29-19(26)16(22-20(21)27)12-14-6-4-3-5-7-14/h3-7,15-16H,2,8-13H2,1H3,(H3,21,22,27)/t16-/m1/s1. The summed E-state index contributed by atoms with van der Waals surface area (Å²) in [6, 6.07) is 7.23. The summed E-state index contributed by atoms with van der Waals surface area (Å²) in [6.45, 7) is 2.44. The Kier molecular flexibility index (Phi) is 8.45. The van der Waals surface area contributed by atoms with Gasteiger partial charge in [-0.3, -0.25) is 9.59 Å². The molecule has 0 aromatic heterocycles. The Morgan fingerprint density at radius 2 is 1.79 bits per heavy atom. The van der Waals surface area contributed by atoms with E-state index in [4.69, 9.17) is 15.2 Å². The fourth-order valence-corrected chi connectivity index (χ4v) is 3.16. The Morgan fingerprint density at radius 1 is 1.14 bits per heavy atom. The maximum atomic E-state index is 12.4. The molecule has 9 heteroatoms. The van der Waals surface area contributed by atoms with Crippen LogP contribution in [0.4, 0.5) is 4.79 Å². The van der Waals surface area contributed by atoms with Gasteiger partial charge in [0.25, 0.3) is 5.91 Å². The van der Waals surface area contributed by atoms with Crippen molar-refractivity contribution in [3.63, 3.8) is 0 Å². The molecular weight excluding hydrogens is 378 g/mol. The predicted molar refractivity (Wildman–Crippen MR) is 104 cm³/mol. The maximum Gasteiger partial charge on any atom is 0.329 e. The van der Waals surface area contributed by atoms with E-state index in [0.717, 1.165) is 5.56 Å². The molecule has 1 aliphatic rings. The van der Waals surface area contributed by atoms with E-state index in [2.05, 4.69) is 5.32 Å². The van der Waals surface area contributed by atoms with Crippen LogP contribution in [-0.4, -0.2) is 61.1 Å². The molecule has 1 aromatic carbocycles. The number of ether oxygens (including phenoxy) is 2. The summed E-state index contributed by atoms with van der Waals surface area (Å²) in [5, 5.41) is 2.35. The third-order valence-corrected chi connectivity index (χ3v) is 4.69. The number of urea groups is 1. The first-order chi connectivity index (χ1) is 13.9. The number of nitrogens with two attached hydrogens (primary N) is 1. The third-order valence-electron chi connectivity index (χ3n) is 4.69. The first kappa shape index (κ1) is 22.2. The quantitative estimate of drug-likeness (QED) is 0.610. The van der Waals surface area contributed by atoms with Crippen molar-refractivity contribution in [2.45, 2.75) is 32.2 Å². The fraction of sp³-hybridized carbons (Fsp3) is 0.500. The lowest BCUT2D eigenvalue weighted by Crippen LogP contribution is -2.47. The molecule has 0 bridgehead atoms. The van der Waals surface area contributed by atoms with Gasteiger partial charge < -0.3 is 25.4 Å². The number of nitrogens with one attached hydrogen (secondary N) is 1. The minimum absolute atomic E-state index is 0.196. The van der Waals surface area contributed by atoms with Gasteiger partial charge in [-0.05, 0) is 25.3 Å². The predicted octanol–water partition coefficient (Wildman–Crippen LogP) is 0.611. The van der Waals surface area contributed by atoms with Crippen molar-refractivity contribution in [1.82, 2.24) is 10.2 Å². The van der Waals surface area contributed by atoms with Crippen LogP contribution in [-0.2, 0) is 30.3 Å². The number of carbonyl (C=O) groups excluding carboxylic acids is 4. The molecule has 1 saturated heterocycles. The van der Waals surface area contributed by atoms with Gasteiger partial charge in [-0.25, -0.2) is 9.59 Å². The minimum Gasteiger partial charge on any atom is -0.466 e. The van der Waals surface area contributed by atoms with E-state index in [1.54, 1.807) is 11.8 Å². The third kappa shape index (κ3) is 7.10. The normalized spacial score (nSPS) is 15.3. The van der Waals surface area contributed by atoms with Gasteiger partial charge in [0.2, 0.25) is 0 Å². The number of carbonyl (C=O) groups is 4. The second kappa shape index (κ2) is 11.0. The van der Waals surface area contributed by atoms with E-state index in [1.807, 2.05) is 30.3 Å². The molecule has 1 heterocycles. The molecule has 3 amide bonds. The Bertz CT molecular complexity index is 716. The topological polar surface area (TPSA) is 128 Å². The summed E-state index contributed by atoms with van der Waals surface area (Å²) >= 11 is 0. The molecule has 1 fully saturated rings. The summed E-state index contributed by atoms with van der Waals surface area (Å²) in [5.41, 5.74) is 5.96. The van der Waals surface area contributed by atoms with Crippen molar-refractivity contribution in [3.05, 3.63) is 35.9 Å². The molecule has 1 aromatic rings. The van der Waals surface area contributed by atoms with Crippen molar-refractivity contribution in [1.29, 1.82) is 0 Å². The number of amides is 3. The molecule has 3 N–H and O–H groups in total. The second-order valence-electron chi connectivity index (χ2n) is 6.77. The summed E-state index contributed by atoms with van der Waals surface area (Å²) in [5.74, 6) is -1.54. The van der Waals surface area contributed by atoms with Crippen LogP contribution in [0.5, 0.6) is 0 Å². The van der Waals surface area contributed by atoms with E-state index < -0.39 is 24.6 Å². The van der Waals surface area contributed by atoms with Crippen molar-refractivity contribution in [2.75, 3.05) is 26.3 Å². The monoisotopic (exact) mass is 405 g/mol. The van der Waals surface area contributed by atoms with Gasteiger partial charge in [0.15, 0.2) is 6.61 Å². The SMILES string of the molecule is CCOC(=O)C1CCN(C(=O)COC(=O)[C@@H](Cc2ccccc2)NC(N)=O)CC1. The average molecular weight is 405 g/mol. The molecular formula is C20H27N3O6. The highest BCUT2D eigenvalue weighted by Crippen LogP contribution is 2.18. The van der Waals surface area contributed by atoms with Crippen LogP contribution in [0.1, 0.15) is 25.3 Å². The van der Waals surface area contributed by atoms with Gasteiger partial charge in [0.05, 0.1) is 12.5 Å². The van der Waals surface area contributed by atoms with E-state index in [1.165, 1.54) is 0 Å². The van der Waals surface area contributed by atoms with E-state index >= 15 is 0 Å². The number of nitrogens with zero attached hydrogens (tertiary/aromatic N) is 1. The number of piperidine rings is 1. The van der Waals surface area contributed by atoms with Gasteiger partial charge in [0, 0.05) is 19.5 Å². The van der Waals surface area contributed by atoms with Crippen LogP contribution in [0.15, 0.2) is 30.3 Å². The zero-order chi connectivity index (χ0) is 21.2. The number of hydrogen-bond acceptors (Lipinski definition) is 6. The Balaban J connectivity index is 1.83. The summed E-state index contributed by atoms with van der Waals surface area (Å²) in [4.78, 5) is 49.2. The molecule has 9 nitrogen and oxygen atoms in total. The number of hydrogen-bond donors (Lipinski definition) is 2. The van der Waals surface area contributed by atoms with Gasteiger partial charge in [-0.1, -0.05) is 30.3 Å². The lowest BCUT2D eigenvalue weighted by atomic mass is 9.97. The zero-order valence-electron chi connectivity index (χ0n) is 16.5. The molecule has 0 unspecified atom stereocenters. The fourth-order valence-electron chi connectivity index (χ4n) is 3.16. The maximum absolute atomic E-state index is 12.4. The van der Waals surface area contributed by atoms with Gasteiger partial charge in [0.1, 0.15) is 6.04 Å². The first-order valence-corrected chi connectivity index (χ1v) is 9.61. The lowest BCUT2D eigenvalue weighted by Gasteiger charge is -2.30. The molecule has 158 valence electrons. The lowest BCUT2D eigenvalue weighted by molar-refractivity contribution is -0.155. The highest BCUT2D eigenvalue weighted by molar-refractivity contribution is 5.86. The highest BCUT2D eigenvalue weighted by Gasteiger charge is 2.29. The second-order valence-corrected chi connectivity index (χ2v) is 6.77. The van der Waals surface area contributed by atoms with Crippen molar-refractivity contribution < 1.29 is 28.7 Å². The van der Waals surface area contributed by atoms with Gasteiger partial charge >= 0.3 is 18.0 Å². The number of rotatable bonds is 8. The molecule has 0 saturated carbocycles. The zero-order valence-corrected chi connectivity index (χ0v) is 16.5. The highest BCUT2D eigenvalue weighted by atomic mass is 16.5. The summed E-state index contributed by atoms with van der Waals surface area (Å²) in [7, 11) is 0. The Labute approximate surface area is 169 Å². The number of benzene rings is 1. The Morgan fingerprint density at radius 3 is 2.38 bits per heavy atom. The number of primary amides is 1. The largest absolute Gasteiger partial charge is 0.466 e. The van der Waals surface area contributed by atoms with Gasteiger partial charge in [-0.15, -0.1) is 0 Å². The Hall–Kier alpha value is -3.10. The van der Waals surface area contributed by atoms with E-state index in [-0.39, 0.29) is 24.2 Å². The molecule has 0 aliphatic carbocycles.